The molecule has 0 amide bonds. The molecule has 2 heteroatoms. The molecule has 0 fully saturated rings. The number of aryl methyl sites for hydroxylation is 1. The van der Waals surface area contributed by atoms with Crippen LogP contribution in [0.25, 0.3) is 6.08 Å². The SMILES string of the molecule is O=CC1C(=Cc2cccnc2)CCc2ccccc21. The first kappa shape index (κ1) is 11.8. The van der Waals surface area contributed by atoms with Crippen molar-refractivity contribution >= 4 is 12.4 Å². The molecule has 0 saturated heterocycles. The van der Waals surface area contributed by atoms with Crippen molar-refractivity contribution in [1.82, 2.24) is 4.98 Å². The lowest BCUT2D eigenvalue weighted by molar-refractivity contribution is -0.108. The van der Waals surface area contributed by atoms with E-state index in [0.717, 1.165) is 30.3 Å². The standard InChI is InChI=1S/C17H15NO/c19-12-17-15(10-13-4-3-9-18-11-13)8-7-14-5-1-2-6-16(14)17/h1-6,9-12,17H,7-8H2. The summed E-state index contributed by atoms with van der Waals surface area (Å²) in [5.41, 5.74) is 4.69. The van der Waals surface area contributed by atoms with Gasteiger partial charge in [0, 0.05) is 12.4 Å². The predicted octanol–water partition coefficient (Wildman–Crippen LogP) is 3.39. The van der Waals surface area contributed by atoms with Crippen molar-refractivity contribution in [2.45, 2.75) is 18.8 Å². The van der Waals surface area contributed by atoms with Gasteiger partial charge in [0.15, 0.2) is 0 Å². The highest BCUT2D eigenvalue weighted by molar-refractivity contribution is 5.74. The number of rotatable bonds is 2. The number of fused-ring (bicyclic) bond motifs is 1. The van der Waals surface area contributed by atoms with Crippen LogP contribution in [0, 0.1) is 0 Å². The number of hydrogen-bond acceptors (Lipinski definition) is 2. The highest BCUT2D eigenvalue weighted by Crippen LogP contribution is 2.35. The number of benzene rings is 1. The van der Waals surface area contributed by atoms with E-state index in [2.05, 4.69) is 23.2 Å². The molecule has 3 rings (SSSR count). The van der Waals surface area contributed by atoms with Gasteiger partial charge < -0.3 is 4.79 Å². The monoisotopic (exact) mass is 249 g/mol. The highest BCUT2D eigenvalue weighted by atomic mass is 16.1. The molecule has 2 nitrogen and oxygen atoms in total. The number of aldehydes is 1. The van der Waals surface area contributed by atoms with E-state index in [1.165, 1.54) is 11.1 Å². The van der Waals surface area contributed by atoms with Crippen molar-refractivity contribution in [3.05, 3.63) is 71.1 Å². The molecule has 94 valence electrons. The molecule has 19 heavy (non-hydrogen) atoms. The van der Waals surface area contributed by atoms with Crippen LogP contribution in [-0.4, -0.2) is 11.3 Å². The van der Waals surface area contributed by atoms with Crippen LogP contribution in [0.1, 0.15) is 29.0 Å². The quantitative estimate of drug-likeness (QED) is 0.764. The summed E-state index contributed by atoms with van der Waals surface area (Å²) in [7, 11) is 0. The molecule has 0 saturated carbocycles. The Kier molecular flexibility index (Phi) is 3.23. The summed E-state index contributed by atoms with van der Waals surface area (Å²) < 4.78 is 0. The molecular formula is C17H15NO. The zero-order valence-corrected chi connectivity index (χ0v) is 10.6. The average Bonchev–Trinajstić information content (AvgIpc) is 2.48. The first-order valence-electron chi connectivity index (χ1n) is 6.52. The van der Waals surface area contributed by atoms with E-state index >= 15 is 0 Å². The third-order valence-electron chi connectivity index (χ3n) is 3.65. The van der Waals surface area contributed by atoms with Gasteiger partial charge in [-0.2, -0.15) is 0 Å². The zero-order chi connectivity index (χ0) is 13.1. The number of aromatic nitrogens is 1. The fourth-order valence-corrected chi connectivity index (χ4v) is 2.70. The van der Waals surface area contributed by atoms with E-state index in [4.69, 9.17) is 0 Å². The molecule has 1 unspecified atom stereocenters. The summed E-state index contributed by atoms with van der Waals surface area (Å²) in [6, 6.07) is 12.2. The van der Waals surface area contributed by atoms with Crippen LogP contribution >= 0.6 is 0 Å². The molecule has 0 spiro atoms. The first-order chi connectivity index (χ1) is 9.38. The summed E-state index contributed by atoms with van der Waals surface area (Å²) >= 11 is 0. The fourth-order valence-electron chi connectivity index (χ4n) is 2.70. The Bertz CT molecular complexity index is 616. The Morgan fingerprint density at radius 3 is 2.79 bits per heavy atom. The van der Waals surface area contributed by atoms with Gasteiger partial charge in [-0.3, -0.25) is 4.98 Å². The maximum Gasteiger partial charge on any atom is 0.131 e. The molecular weight excluding hydrogens is 234 g/mol. The van der Waals surface area contributed by atoms with Crippen LogP contribution in [0.15, 0.2) is 54.4 Å². The maximum atomic E-state index is 11.5. The summed E-state index contributed by atoms with van der Waals surface area (Å²) in [6.45, 7) is 0. The van der Waals surface area contributed by atoms with Crippen LogP contribution in [0.4, 0.5) is 0 Å². The van der Waals surface area contributed by atoms with Crippen molar-refractivity contribution < 1.29 is 4.79 Å². The lowest BCUT2D eigenvalue weighted by atomic mass is 9.79. The summed E-state index contributed by atoms with van der Waals surface area (Å²) in [4.78, 5) is 15.6. The minimum absolute atomic E-state index is 0.106. The smallest absolute Gasteiger partial charge is 0.131 e. The number of allylic oxidation sites excluding steroid dienone is 1. The van der Waals surface area contributed by atoms with Gasteiger partial charge in [-0.05, 0) is 35.6 Å². The second kappa shape index (κ2) is 5.19. The molecule has 1 aromatic carbocycles. The number of pyridine rings is 1. The highest BCUT2D eigenvalue weighted by Gasteiger charge is 2.23. The summed E-state index contributed by atoms with van der Waals surface area (Å²) in [5, 5.41) is 0. The van der Waals surface area contributed by atoms with Crippen LogP contribution < -0.4 is 0 Å². The Labute approximate surface area is 112 Å². The molecule has 1 heterocycles. The van der Waals surface area contributed by atoms with Gasteiger partial charge in [-0.1, -0.05) is 42.0 Å². The van der Waals surface area contributed by atoms with E-state index in [0.29, 0.717) is 0 Å². The average molecular weight is 249 g/mol. The van der Waals surface area contributed by atoms with Crippen molar-refractivity contribution in [3.63, 3.8) is 0 Å². The van der Waals surface area contributed by atoms with E-state index in [1.54, 1.807) is 6.20 Å². The van der Waals surface area contributed by atoms with Crippen molar-refractivity contribution in [2.75, 3.05) is 0 Å². The Morgan fingerprint density at radius 1 is 1.11 bits per heavy atom. The van der Waals surface area contributed by atoms with Crippen LogP contribution in [0.3, 0.4) is 0 Å². The van der Waals surface area contributed by atoms with E-state index in [1.807, 2.05) is 30.5 Å². The molecule has 0 radical (unpaired) electrons. The topological polar surface area (TPSA) is 30.0 Å². The number of hydrogen-bond donors (Lipinski definition) is 0. The Hall–Kier alpha value is -2.22. The molecule has 0 aliphatic heterocycles. The number of nitrogens with zero attached hydrogens (tertiary/aromatic N) is 1. The summed E-state index contributed by atoms with van der Waals surface area (Å²) in [5.74, 6) is -0.106. The lowest BCUT2D eigenvalue weighted by Gasteiger charge is -2.24. The number of carbonyl (C=O) groups is 1. The number of carbonyl (C=O) groups excluding carboxylic acids is 1. The zero-order valence-electron chi connectivity index (χ0n) is 10.6. The van der Waals surface area contributed by atoms with Gasteiger partial charge >= 0.3 is 0 Å². The molecule has 1 aromatic heterocycles. The molecule has 2 aromatic rings. The maximum absolute atomic E-state index is 11.5. The minimum atomic E-state index is -0.106. The fraction of sp³-hybridized carbons (Fsp3) is 0.176. The van der Waals surface area contributed by atoms with Crippen molar-refractivity contribution in [1.29, 1.82) is 0 Å². The second-order valence-electron chi connectivity index (χ2n) is 4.82. The van der Waals surface area contributed by atoms with Crippen molar-refractivity contribution in [3.8, 4) is 0 Å². The van der Waals surface area contributed by atoms with Crippen LogP contribution in [-0.2, 0) is 11.2 Å². The Morgan fingerprint density at radius 2 is 2.00 bits per heavy atom. The van der Waals surface area contributed by atoms with Crippen LogP contribution in [0.2, 0.25) is 0 Å². The summed E-state index contributed by atoms with van der Waals surface area (Å²) in [6.07, 6.45) is 8.69. The van der Waals surface area contributed by atoms with Crippen molar-refractivity contribution in [2.24, 2.45) is 0 Å². The van der Waals surface area contributed by atoms with Gasteiger partial charge in [-0.15, -0.1) is 0 Å². The molecule has 0 N–H and O–H groups in total. The third-order valence-corrected chi connectivity index (χ3v) is 3.65. The van der Waals surface area contributed by atoms with Gasteiger partial charge in [0.05, 0.1) is 5.92 Å². The molecule has 1 aliphatic carbocycles. The molecule has 1 atom stereocenters. The minimum Gasteiger partial charge on any atom is -0.302 e. The van der Waals surface area contributed by atoms with Crippen LogP contribution in [0.5, 0.6) is 0 Å². The molecule has 1 aliphatic rings. The lowest BCUT2D eigenvalue weighted by Crippen LogP contribution is -2.13. The van der Waals surface area contributed by atoms with E-state index in [-0.39, 0.29) is 5.92 Å². The van der Waals surface area contributed by atoms with Gasteiger partial charge in [0.1, 0.15) is 6.29 Å². The third kappa shape index (κ3) is 2.34. The van der Waals surface area contributed by atoms with Gasteiger partial charge in [0.25, 0.3) is 0 Å². The Balaban J connectivity index is 2.01. The predicted molar refractivity (Wildman–Crippen MR) is 75.8 cm³/mol. The second-order valence-corrected chi connectivity index (χ2v) is 4.82. The first-order valence-corrected chi connectivity index (χ1v) is 6.52. The van der Waals surface area contributed by atoms with E-state index < -0.39 is 0 Å². The van der Waals surface area contributed by atoms with E-state index in [9.17, 15) is 4.79 Å². The largest absolute Gasteiger partial charge is 0.302 e. The van der Waals surface area contributed by atoms with Gasteiger partial charge in [-0.25, -0.2) is 0 Å². The van der Waals surface area contributed by atoms with Gasteiger partial charge in [0.2, 0.25) is 0 Å². The molecule has 0 bridgehead atoms. The normalized spacial score (nSPS) is 20.0.